The molecule has 0 heterocycles. The van der Waals surface area contributed by atoms with Crippen molar-refractivity contribution in [1.82, 2.24) is 0 Å². The highest BCUT2D eigenvalue weighted by molar-refractivity contribution is 5.91. The molecule has 2 aromatic carbocycles. The molecule has 0 aliphatic heterocycles. The zero-order chi connectivity index (χ0) is 16.5. The fourth-order valence-electron chi connectivity index (χ4n) is 1.52. The number of carbonyl (C=O) groups excluding carboxylic acids is 1. The van der Waals surface area contributed by atoms with Gasteiger partial charge < -0.3 is 19.7 Å². The highest BCUT2D eigenvalue weighted by Gasteiger charge is 2.10. The molecule has 2 N–H and O–H groups in total. The third-order valence-electron chi connectivity index (χ3n) is 2.46. The first-order chi connectivity index (χ1) is 10.5. The van der Waals surface area contributed by atoms with E-state index < -0.39 is 11.9 Å². The number of carbonyl (C=O) groups is 2. The van der Waals surface area contributed by atoms with Crippen molar-refractivity contribution in [3.05, 3.63) is 54.1 Å². The molecule has 116 valence electrons. The van der Waals surface area contributed by atoms with E-state index in [2.05, 4.69) is 4.74 Å². The van der Waals surface area contributed by atoms with E-state index in [1.54, 1.807) is 36.4 Å². The molecule has 6 nitrogen and oxygen atoms in total. The van der Waals surface area contributed by atoms with Gasteiger partial charge in [0.2, 0.25) is 0 Å². The molecule has 2 rings (SSSR count). The van der Waals surface area contributed by atoms with Crippen LogP contribution in [0.15, 0.2) is 48.5 Å². The number of para-hydroxylation sites is 3. The normalized spacial score (nSPS) is 9.18. The lowest BCUT2D eigenvalue weighted by Crippen LogP contribution is -2.06. The molecule has 0 aliphatic rings. The van der Waals surface area contributed by atoms with Crippen LogP contribution in [0.1, 0.15) is 17.3 Å². The number of hydrogen-bond donors (Lipinski definition) is 2. The molecule has 0 aromatic heterocycles. The van der Waals surface area contributed by atoms with E-state index in [9.17, 15) is 9.59 Å². The van der Waals surface area contributed by atoms with Gasteiger partial charge in [-0.25, -0.2) is 4.79 Å². The summed E-state index contributed by atoms with van der Waals surface area (Å²) in [5.74, 6) is -0.884. The van der Waals surface area contributed by atoms with Crippen molar-refractivity contribution in [2.75, 3.05) is 7.11 Å². The summed E-state index contributed by atoms with van der Waals surface area (Å²) in [7, 11) is 1.52. The molecule has 0 unspecified atom stereocenters. The average molecular weight is 304 g/mol. The zero-order valence-corrected chi connectivity index (χ0v) is 12.1. The standard InChI is InChI=1S/C9H8O4.C7H8O2/c1-6(10)13-8-5-3-2-4-7(8)9(11)12;1-9-7-5-3-2-4-6(7)8/h2-5H,1H3,(H,11,12);2-5,8H,1H3. The fraction of sp³-hybridized carbons (Fsp3) is 0.125. The highest BCUT2D eigenvalue weighted by atomic mass is 16.5. The van der Waals surface area contributed by atoms with Crippen LogP contribution in [0.4, 0.5) is 0 Å². The second kappa shape index (κ2) is 8.31. The molecule has 0 amide bonds. The molecule has 0 bridgehead atoms. The SMILES string of the molecule is CC(=O)Oc1ccccc1C(=O)O.COc1ccccc1O. The summed E-state index contributed by atoms with van der Waals surface area (Å²) in [6.45, 7) is 1.22. The van der Waals surface area contributed by atoms with Gasteiger partial charge in [0, 0.05) is 6.92 Å². The maximum absolute atomic E-state index is 10.6. The number of phenols is 1. The number of esters is 1. The third kappa shape index (κ3) is 5.16. The minimum absolute atomic E-state index is 0.0160. The molecule has 0 aliphatic carbocycles. The van der Waals surface area contributed by atoms with Crippen LogP contribution in [0.3, 0.4) is 0 Å². The van der Waals surface area contributed by atoms with Crippen LogP contribution in [0.2, 0.25) is 0 Å². The van der Waals surface area contributed by atoms with E-state index in [1.165, 1.54) is 26.2 Å². The van der Waals surface area contributed by atoms with E-state index in [0.29, 0.717) is 5.75 Å². The lowest BCUT2D eigenvalue weighted by molar-refractivity contribution is -0.131. The Hall–Kier alpha value is -3.02. The molecule has 0 atom stereocenters. The second-order valence-corrected chi connectivity index (χ2v) is 4.07. The summed E-state index contributed by atoms with van der Waals surface area (Å²) < 4.78 is 9.48. The molecule has 0 radical (unpaired) electrons. The zero-order valence-electron chi connectivity index (χ0n) is 12.1. The van der Waals surface area contributed by atoms with Crippen LogP contribution < -0.4 is 9.47 Å². The average Bonchev–Trinajstić information content (AvgIpc) is 2.48. The summed E-state index contributed by atoms with van der Waals surface area (Å²) >= 11 is 0. The first kappa shape index (κ1) is 17.0. The largest absolute Gasteiger partial charge is 0.504 e. The van der Waals surface area contributed by atoms with Crippen LogP contribution in [0.25, 0.3) is 0 Å². The molecule has 0 spiro atoms. The Morgan fingerprint density at radius 2 is 1.50 bits per heavy atom. The van der Waals surface area contributed by atoms with Gasteiger partial charge in [-0.2, -0.15) is 0 Å². The topological polar surface area (TPSA) is 93.1 Å². The maximum atomic E-state index is 10.6. The smallest absolute Gasteiger partial charge is 0.339 e. The van der Waals surface area contributed by atoms with Crippen molar-refractivity contribution in [3.8, 4) is 17.2 Å². The van der Waals surface area contributed by atoms with Crippen LogP contribution in [-0.4, -0.2) is 29.3 Å². The molecule has 6 heteroatoms. The minimum Gasteiger partial charge on any atom is -0.504 e. The predicted molar refractivity (Wildman–Crippen MR) is 79.4 cm³/mol. The van der Waals surface area contributed by atoms with E-state index in [-0.39, 0.29) is 17.1 Å². The Bertz CT molecular complexity index is 651. The van der Waals surface area contributed by atoms with Gasteiger partial charge in [-0.1, -0.05) is 24.3 Å². The van der Waals surface area contributed by atoms with Gasteiger partial charge in [0.15, 0.2) is 11.5 Å². The molecular weight excluding hydrogens is 288 g/mol. The van der Waals surface area contributed by atoms with E-state index in [4.69, 9.17) is 14.9 Å². The number of ether oxygens (including phenoxy) is 2. The van der Waals surface area contributed by atoms with Crippen LogP contribution in [0.5, 0.6) is 17.2 Å². The van der Waals surface area contributed by atoms with Gasteiger partial charge in [0.25, 0.3) is 0 Å². The van der Waals surface area contributed by atoms with Gasteiger partial charge >= 0.3 is 11.9 Å². The summed E-state index contributed by atoms with van der Waals surface area (Å²) in [5, 5.41) is 17.7. The molecule has 0 saturated heterocycles. The van der Waals surface area contributed by atoms with Crippen LogP contribution in [-0.2, 0) is 4.79 Å². The Balaban J connectivity index is 0.000000235. The summed E-state index contributed by atoms with van der Waals surface area (Å²) in [5.41, 5.74) is -0.0160. The lowest BCUT2D eigenvalue weighted by Gasteiger charge is -2.03. The molecule has 22 heavy (non-hydrogen) atoms. The Labute approximate surface area is 127 Å². The molecule has 0 fully saturated rings. The third-order valence-corrected chi connectivity index (χ3v) is 2.46. The van der Waals surface area contributed by atoms with Crippen LogP contribution in [0, 0.1) is 0 Å². The number of benzene rings is 2. The number of carboxylic acid groups (broad SMARTS) is 1. The van der Waals surface area contributed by atoms with E-state index >= 15 is 0 Å². The number of aromatic hydroxyl groups is 1. The van der Waals surface area contributed by atoms with Gasteiger partial charge in [-0.15, -0.1) is 0 Å². The number of rotatable bonds is 3. The minimum atomic E-state index is -1.11. The Morgan fingerprint density at radius 3 is 1.95 bits per heavy atom. The Kier molecular flexibility index (Phi) is 6.43. The van der Waals surface area contributed by atoms with Crippen molar-refractivity contribution < 1.29 is 29.3 Å². The van der Waals surface area contributed by atoms with Crippen molar-refractivity contribution in [3.63, 3.8) is 0 Å². The van der Waals surface area contributed by atoms with E-state index in [0.717, 1.165) is 0 Å². The first-order valence-electron chi connectivity index (χ1n) is 6.28. The van der Waals surface area contributed by atoms with Crippen molar-refractivity contribution in [1.29, 1.82) is 0 Å². The molecule has 0 saturated carbocycles. The molecule has 2 aromatic rings. The number of phenolic OH excluding ortho intramolecular Hbond substituents is 1. The number of carboxylic acids is 1. The van der Waals surface area contributed by atoms with Crippen LogP contribution >= 0.6 is 0 Å². The van der Waals surface area contributed by atoms with Crippen molar-refractivity contribution in [2.45, 2.75) is 6.92 Å². The number of methoxy groups -OCH3 is 1. The summed E-state index contributed by atoms with van der Waals surface area (Å²) in [6, 6.07) is 12.8. The summed E-state index contributed by atoms with van der Waals surface area (Å²) in [6.07, 6.45) is 0. The summed E-state index contributed by atoms with van der Waals surface area (Å²) in [4.78, 5) is 21.2. The van der Waals surface area contributed by atoms with Crippen molar-refractivity contribution in [2.24, 2.45) is 0 Å². The van der Waals surface area contributed by atoms with Gasteiger partial charge in [-0.3, -0.25) is 4.79 Å². The maximum Gasteiger partial charge on any atom is 0.339 e. The van der Waals surface area contributed by atoms with Gasteiger partial charge in [0.1, 0.15) is 11.3 Å². The Morgan fingerprint density at radius 1 is 0.955 bits per heavy atom. The lowest BCUT2D eigenvalue weighted by atomic mass is 10.2. The quantitative estimate of drug-likeness (QED) is 0.669. The predicted octanol–water partition coefficient (Wildman–Crippen LogP) is 2.71. The second-order valence-electron chi connectivity index (χ2n) is 4.07. The number of aromatic carboxylic acids is 1. The first-order valence-corrected chi connectivity index (χ1v) is 6.28. The monoisotopic (exact) mass is 304 g/mol. The highest BCUT2D eigenvalue weighted by Crippen LogP contribution is 2.23. The van der Waals surface area contributed by atoms with E-state index in [1.807, 2.05) is 0 Å². The molecular formula is C16H16O6. The fourth-order valence-corrected chi connectivity index (χ4v) is 1.52. The number of hydrogen-bond acceptors (Lipinski definition) is 5. The van der Waals surface area contributed by atoms with Crippen molar-refractivity contribution >= 4 is 11.9 Å². The van der Waals surface area contributed by atoms with Gasteiger partial charge in [-0.05, 0) is 24.3 Å². The van der Waals surface area contributed by atoms with Gasteiger partial charge in [0.05, 0.1) is 7.11 Å².